The maximum Gasteiger partial charge on any atom is 0.337 e. The monoisotopic (exact) mass is 609 g/mol. The van der Waals surface area contributed by atoms with E-state index in [1.54, 1.807) is 60.8 Å². The summed E-state index contributed by atoms with van der Waals surface area (Å²) in [6.07, 6.45) is 9.81. The second kappa shape index (κ2) is 11.9. The highest BCUT2D eigenvalue weighted by atomic mass is 32.2. The molecule has 0 radical (unpaired) electrons. The van der Waals surface area contributed by atoms with Crippen LogP contribution in [0.15, 0.2) is 78.1 Å². The van der Waals surface area contributed by atoms with E-state index in [1.807, 2.05) is 17.8 Å². The van der Waals surface area contributed by atoms with E-state index >= 15 is 0 Å². The van der Waals surface area contributed by atoms with Crippen LogP contribution in [-0.2, 0) is 14.8 Å². The first-order chi connectivity index (χ1) is 21.3. The smallest absolute Gasteiger partial charge is 0.337 e. The normalized spacial score (nSPS) is 14.4. The number of anilines is 2. The summed E-state index contributed by atoms with van der Waals surface area (Å²) in [5.74, 6) is 0.0770. The van der Waals surface area contributed by atoms with Crippen molar-refractivity contribution in [2.45, 2.75) is 50.0 Å². The van der Waals surface area contributed by atoms with Crippen molar-refractivity contribution < 1.29 is 17.9 Å². The van der Waals surface area contributed by atoms with Crippen LogP contribution in [0.4, 0.5) is 11.6 Å². The Kier molecular flexibility index (Phi) is 7.88. The Morgan fingerprint density at radius 1 is 1.09 bits per heavy atom. The molecule has 1 atom stereocenters. The molecule has 5 aromatic rings. The van der Waals surface area contributed by atoms with Crippen LogP contribution in [0.5, 0.6) is 0 Å². The average molecular weight is 610 g/mol. The Morgan fingerprint density at radius 2 is 1.82 bits per heavy atom. The standard InChI is InChI=1S/C32H31N7O4S/c1-21-7-13-26(14-8-21)44(41,42)39-18-16-27-29(24-19-34-38(20-24)28(15-17-33)22-5-3-4-6-22)36-32(37-30(27)39)35-25-11-9-23(10-12-25)31(40)43-2/h7-14,16,18-20,22,28H,3-6,15H2,1-2H3,(H,35,36,37)/t28-/m1/s1. The average Bonchev–Trinajstić information content (AvgIpc) is 3.81. The van der Waals surface area contributed by atoms with Crippen molar-refractivity contribution in [1.29, 1.82) is 5.26 Å². The molecule has 12 heteroatoms. The van der Waals surface area contributed by atoms with Gasteiger partial charge in [-0.25, -0.2) is 22.2 Å². The summed E-state index contributed by atoms with van der Waals surface area (Å²) in [4.78, 5) is 21.5. The minimum atomic E-state index is -3.98. The molecular formula is C32H31N7O4S. The SMILES string of the molecule is COC(=O)c1ccc(Nc2nc(-c3cnn([C@H](CC#N)C4CCCC4)c3)c3ccn(S(=O)(=O)c4ccc(C)cc4)c3n2)cc1. The molecular weight excluding hydrogens is 578 g/mol. The number of aromatic nitrogens is 5. The number of esters is 1. The van der Waals surface area contributed by atoms with Crippen LogP contribution in [0.25, 0.3) is 22.3 Å². The highest BCUT2D eigenvalue weighted by Crippen LogP contribution is 2.37. The fourth-order valence-corrected chi connectivity index (χ4v) is 7.07. The van der Waals surface area contributed by atoms with Gasteiger partial charge in [0.15, 0.2) is 5.65 Å². The van der Waals surface area contributed by atoms with Crippen LogP contribution in [0.3, 0.4) is 0 Å². The third kappa shape index (κ3) is 5.54. The molecule has 11 nitrogen and oxygen atoms in total. The Labute approximate surface area is 255 Å². The number of hydrogen-bond acceptors (Lipinski definition) is 9. The van der Waals surface area contributed by atoms with Crippen molar-refractivity contribution in [3.05, 3.63) is 84.3 Å². The molecule has 0 aliphatic heterocycles. The van der Waals surface area contributed by atoms with Crippen molar-refractivity contribution >= 4 is 38.7 Å². The molecule has 1 saturated carbocycles. The van der Waals surface area contributed by atoms with E-state index in [0.29, 0.717) is 40.2 Å². The Morgan fingerprint density at radius 3 is 2.50 bits per heavy atom. The van der Waals surface area contributed by atoms with Crippen LogP contribution < -0.4 is 5.32 Å². The number of carbonyl (C=O) groups is 1. The van der Waals surface area contributed by atoms with Gasteiger partial charge in [-0.05, 0) is 68.1 Å². The maximum absolute atomic E-state index is 13.8. The van der Waals surface area contributed by atoms with Crippen molar-refractivity contribution in [2.75, 3.05) is 12.4 Å². The number of methoxy groups -OCH3 is 1. The van der Waals surface area contributed by atoms with E-state index in [-0.39, 0.29) is 22.5 Å². The fraction of sp³-hybridized carbons (Fsp3) is 0.281. The summed E-state index contributed by atoms with van der Waals surface area (Å²) in [6.45, 7) is 1.89. The van der Waals surface area contributed by atoms with E-state index in [1.165, 1.54) is 13.3 Å². The first kappa shape index (κ1) is 29.1. The number of hydrogen-bond donors (Lipinski definition) is 1. The first-order valence-electron chi connectivity index (χ1n) is 14.4. The number of aryl methyl sites for hydroxylation is 1. The van der Waals surface area contributed by atoms with Gasteiger partial charge in [0.1, 0.15) is 0 Å². The summed E-state index contributed by atoms with van der Waals surface area (Å²) >= 11 is 0. The molecule has 0 unspecified atom stereocenters. The molecule has 2 aromatic carbocycles. The lowest BCUT2D eigenvalue weighted by molar-refractivity contribution is 0.0600. The van der Waals surface area contributed by atoms with Crippen LogP contribution >= 0.6 is 0 Å². The molecule has 0 bridgehead atoms. The predicted molar refractivity (Wildman–Crippen MR) is 165 cm³/mol. The van der Waals surface area contributed by atoms with Crippen molar-refractivity contribution in [3.8, 4) is 17.3 Å². The van der Waals surface area contributed by atoms with Crippen molar-refractivity contribution in [1.82, 2.24) is 23.7 Å². The predicted octanol–water partition coefficient (Wildman–Crippen LogP) is 6.02. The molecule has 44 heavy (non-hydrogen) atoms. The molecule has 0 amide bonds. The quantitative estimate of drug-likeness (QED) is 0.198. The number of benzene rings is 2. The zero-order chi connectivity index (χ0) is 30.8. The van der Waals surface area contributed by atoms with E-state index in [0.717, 1.165) is 35.2 Å². The molecule has 0 spiro atoms. The number of fused-ring (bicyclic) bond motifs is 1. The number of ether oxygens (including phenoxy) is 1. The fourth-order valence-electron chi connectivity index (χ4n) is 5.78. The molecule has 1 fully saturated rings. The molecule has 1 aliphatic carbocycles. The minimum absolute atomic E-state index is 0.0500. The Hall–Kier alpha value is -5.02. The molecule has 224 valence electrons. The van der Waals surface area contributed by atoms with Gasteiger partial charge in [0.05, 0.1) is 48.0 Å². The Bertz CT molecular complexity index is 1970. The molecule has 1 N–H and O–H groups in total. The van der Waals surface area contributed by atoms with Crippen LogP contribution in [0, 0.1) is 24.2 Å². The number of carbonyl (C=O) groups excluding carboxylic acids is 1. The minimum Gasteiger partial charge on any atom is -0.465 e. The summed E-state index contributed by atoms with van der Waals surface area (Å²) in [5, 5.41) is 17.9. The summed E-state index contributed by atoms with van der Waals surface area (Å²) in [7, 11) is -2.67. The molecule has 0 saturated heterocycles. The van der Waals surface area contributed by atoms with Gasteiger partial charge in [-0.3, -0.25) is 4.68 Å². The van der Waals surface area contributed by atoms with E-state index < -0.39 is 16.0 Å². The highest BCUT2D eigenvalue weighted by Gasteiger charge is 2.28. The van der Waals surface area contributed by atoms with Gasteiger partial charge in [-0.15, -0.1) is 0 Å². The lowest BCUT2D eigenvalue weighted by Gasteiger charge is -2.21. The maximum atomic E-state index is 13.8. The first-order valence-corrected chi connectivity index (χ1v) is 15.8. The van der Waals surface area contributed by atoms with Gasteiger partial charge in [-0.2, -0.15) is 15.3 Å². The topological polar surface area (TPSA) is 145 Å². The lowest BCUT2D eigenvalue weighted by atomic mass is 9.96. The van der Waals surface area contributed by atoms with Crippen LogP contribution in [-0.4, -0.2) is 45.2 Å². The molecule has 3 heterocycles. The number of nitrogens with zero attached hydrogens (tertiary/aromatic N) is 6. The summed E-state index contributed by atoms with van der Waals surface area (Å²) in [6, 6.07) is 17.2. The van der Waals surface area contributed by atoms with Crippen LogP contribution in [0.2, 0.25) is 0 Å². The zero-order valence-electron chi connectivity index (χ0n) is 24.3. The third-order valence-corrected chi connectivity index (χ3v) is 9.79. The van der Waals surface area contributed by atoms with Gasteiger partial charge in [0.2, 0.25) is 5.95 Å². The molecule has 6 rings (SSSR count). The second-order valence-corrected chi connectivity index (χ2v) is 12.8. The summed E-state index contributed by atoms with van der Waals surface area (Å²) < 4.78 is 35.3. The van der Waals surface area contributed by atoms with Gasteiger partial charge in [0, 0.05) is 29.0 Å². The summed E-state index contributed by atoms with van der Waals surface area (Å²) in [5.41, 5.74) is 3.28. The van der Waals surface area contributed by atoms with Gasteiger partial charge in [-0.1, -0.05) is 30.5 Å². The number of nitriles is 1. The van der Waals surface area contributed by atoms with Crippen molar-refractivity contribution in [3.63, 3.8) is 0 Å². The number of nitrogens with one attached hydrogen (secondary N) is 1. The second-order valence-electron chi connectivity index (χ2n) is 10.9. The van der Waals surface area contributed by atoms with Gasteiger partial charge >= 0.3 is 5.97 Å². The molecule has 3 aromatic heterocycles. The van der Waals surface area contributed by atoms with E-state index in [2.05, 4.69) is 21.5 Å². The third-order valence-electron chi connectivity index (χ3n) is 8.11. The van der Waals surface area contributed by atoms with Crippen LogP contribution in [0.1, 0.15) is 54.1 Å². The zero-order valence-corrected chi connectivity index (χ0v) is 25.2. The van der Waals surface area contributed by atoms with Gasteiger partial charge in [0.25, 0.3) is 10.0 Å². The molecule has 1 aliphatic rings. The highest BCUT2D eigenvalue weighted by molar-refractivity contribution is 7.90. The van der Waals surface area contributed by atoms with E-state index in [9.17, 15) is 18.5 Å². The van der Waals surface area contributed by atoms with Crippen molar-refractivity contribution in [2.24, 2.45) is 5.92 Å². The van der Waals surface area contributed by atoms with E-state index in [4.69, 9.17) is 9.72 Å². The largest absolute Gasteiger partial charge is 0.465 e. The van der Waals surface area contributed by atoms with Gasteiger partial charge < -0.3 is 10.1 Å². The number of rotatable bonds is 9. The lowest BCUT2D eigenvalue weighted by Crippen LogP contribution is -2.17. The Balaban J connectivity index is 1.46.